The molecule has 0 saturated heterocycles. The van der Waals surface area contributed by atoms with E-state index in [1.54, 1.807) is 24.3 Å². The summed E-state index contributed by atoms with van der Waals surface area (Å²) in [6.07, 6.45) is 0. The maximum Gasteiger partial charge on any atom is 0.123 e. The van der Waals surface area contributed by atoms with Crippen molar-refractivity contribution in [2.24, 2.45) is 0 Å². The minimum Gasteiger partial charge on any atom is -0.207 e. The topological polar surface area (TPSA) is 0 Å². The van der Waals surface area contributed by atoms with Crippen molar-refractivity contribution in [2.75, 3.05) is 0 Å². The van der Waals surface area contributed by atoms with Crippen molar-refractivity contribution in [3.05, 3.63) is 85.5 Å². The zero-order valence-electron chi connectivity index (χ0n) is 12.1. The molecule has 3 aromatic rings. The summed E-state index contributed by atoms with van der Waals surface area (Å²) in [4.78, 5) is 2.57. The Morgan fingerprint density at radius 3 is 1.46 bits per heavy atom. The van der Waals surface area contributed by atoms with Gasteiger partial charge in [-0.2, -0.15) is 0 Å². The fourth-order valence-corrected chi connectivity index (χ4v) is 6.65. The summed E-state index contributed by atoms with van der Waals surface area (Å²) >= 11 is 4.53. The van der Waals surface area contributed by atoms with E-state index in [1.807, 2.05) is 18.2 Å². The lowest BCUT2D eigenvalue weighted by Crippen LogP contribution is -1.98. The van der Waals surface area contributed by atoms with Crippen LogP contribution in [0.15, 0.2) is 81.4 Å². The van der Waals surface area contributed by atoms with E-state index in [-0.39, 0.29) is 11.6 Å². The van der Waals surface area contributed by atoms with Gasteiger partial charge in [0.25, 0.3) is 0 Å². The molecule has 0 aliphatic rings. The van der Waals surface area contributed by atoms with E-state index in [0.717, 1.165) is 21.8 Å². The van der Waals surface area contributed by atoms with Gasteiger partial charge in [-0.1, -0.05) is 19.9 Å². The first-order chi connectivity index (χ1) is 11.4. The molecule has 0 aliphatic heterocycles. The molecule has 124 valence electrons. The van der Waals surface area contributed by atoms with Gasteiger partial charge >= 0.3 is 0 Å². The molecule has 0 aliphatic carbocycles. The summed E-state index contributed by atoms with van der Waals surface area (Å²) in [5.74, 6) is -0.623. The van der Waals surface area contributed by atoms with Crippen LogP contribution in [0.1, 0.15) is 0 Å². The van der Waals surface area contributed by atoms with Crippen LogP contribution >= 0.6 is 65.1 Å². The van der Waals surface area contributed by atoms with Crippen LogP contribution in [0.5, 0.6) is 0 Å². The van der Waals surface area contributed by atoms with Gasteiger partial charge in [0.1, 0.15) is 11.6 Å². The van der Waals surface area contributed by atoms with E-state index >= 15 is 0 Å². The highest BCUT2D eigenvalue weighted by Crippen LogP contribution is 2.72. The number of hydrogen-bond donors (Lipinski definition) is 0. The van der Waals surface area contributed by atoms with Crippen molar-refractivity contribution < 1.29 is 8.78 Å². The molecule has 24 heavy (non-hydrogen) atoms. The maximum absolute atomic E-state index is 13.4. The maximum atomic E-state index is 13.4. The monoisotopic (exact) mass is 586 g/mol. The minimum atomic E-state index is -2.12. The van der Waals surface area contributed by atoms with Crippen molar-refractivity contribution in [1.82, 2.24) is 0 Å². The van der Waals surface area contributed by atoms with Gasteiger partial charge in [0.05, 0.1) is 0 Å². The molecule has 0 atom stereocenters. The van der Waals surface area contributed by atoms with E-state index < -0.39 is 9.24 Å². The van der Waals surface area contributed by atoms with Crippen LogP contribution < -0.4 is 0 Å². The Bertz CT molecular complexity index is 822. The van der Waals surface area contributed by atoms with E-state index in [9.17, 15) is 8.78 Å². The molecular formula is C18H11ClF2I2S. The van der Waals surface area contributed by atoms with Crippen LogP contribution in [0.25, 0.3) is 0 Å². The lowest BCUT2D eigenvalue weighted by atomic mass is 10.3. The number of hydrogen-bond acceptors (Lipinski definition) is 0. The van der Waals surface area contributed by atoms with Gasteiger partial charge in [-0.25, -0.2) is 8.78 Å². The predicted octanol–water partition coefficient (Wildman–Crippen LogP) is 7.61. The van der Waals surface area contributed by atoms with Crippen molar-refractivity contribution >= 4 is 65.1 Å². The molecule has 0 aromatic heterocycles. The van der Waals surface area contributed by atoms with Gasteiger partial charge in [-0.05, 0) is 112 Å². The van der Waals surface area contributed by atoms with Crippen LogP contribution in [0.4, 0.5) is 8.78 Å². The molecule has 0 unspecified atom stereocenters. The molecule has 6 heteroatoms. The highest BCUT2D eigenvalue weighted by atomic mass is 127. The average Bonchev–Trinajstić information content (AvgIpc) is 2.58. The van der Waals surface area contributed by atoms with Gasteiger partial charge < -0.3 is 0 Å². The van der Waals surface area contributed by atoms with Crippen LogP contribution in [0, 0.1) is 18.8 Å². The van der Waals surface area contributed by atoms with Gasteiger partial charge in [0, 0.05) is 21.8 Å². The van der Waals surface area contributed by atoms with E-state index in [1.165, 1.54) is 24.3 Å². The summed E-state index contributed by atoms with van der Waals surface area (Å²) in [6, 6.07) is 18.4. The molecular weight excluding hydrogens is 576 g/mol. The highest BCUT2D eigenvalue weighted by molar-refractivity contribution is 14.1. The third-order valence-corrected chi connectivity index (χ3v) is 10.7. The van der Waals surface area contributed by atoms with Crippen molar-refractivity contribution in [1.29, 1.82) is 0 Å². The molecule has 0 nitrogen and oxygen atoms in total. The van der Waals surface area contributed by atoms with Crippen molar-refractivity contribution in [3.63, 3.8) is 0 Å². The second kappa shape index (κ2) is 7.47. The minimum absolute atomic E-state index is 0.312. The molecule has 0 spiro atoms. The van der Waals surface area contributed by atoms with Gasteiger partial charge in [0.2, 0.25) is 0 Å². The summed E-state index contributed by atoms with van der Waals surface area (Å²) in [5.41, 5.74) is 0. The summed E-state index contributed by atoms with van der Waals surface area (Å²) in [6.45, 7) is 0. The molecule has 0 heterocycles. The molecule has 0 fully saturated rings. The van der Waals surface area contributed by atoms with Crippen LogP contribution in [-0.2, 0) is 0 Å². The fourth-order valence-electron chi connectivity index (χ4n) is 2.30. The fraction of sp³-hybridized carbons (Fsp3) is 0. The Hall–Kier alpha value is -0.380. The van der Waals surface area contributed by atoms with E-state index in [4.69, 9.17) is 10.7 Å². The van der Waals surface area contributed by atoms with E-state index in [0.29, 0.717) is 0 Å². The van der Waals surface area contributed by atoms with Crippen LogP contribution in [-0.4, -0.2) is 0 Å². The Kier molecular flexibility index (Phi) is 5.73. The zero-order valence-corrected chi connectivity index (χ0v) is 18.0. The average molecular weight is 587 g/mol. The molecule has 0 radical (unpaired) electrons. The lowest BCUT2D eigenvalue weighted by Gasteiger charge is -2.34. The second-order valence-electron chi connectivity index (χ2n) is 5.02. The molecule has 0 N–H and O–H groups in total. The third-order valence-electron chi connectivity index (χ3n) is 3.49. The first-order valence-electron chi connectivity index (χ1n) is 6.90. The smallest absolute Gasteiger partial charge is 0.123 e. The second-order valence-corrected chi connectivity index (χ2v) is 11.2. The molecule has 3 rings (SSSR count). The quantitative estimate of drug-likeness (QED) is 0.277. The summed E-state index contributed by atoms with van der Waals surface area (Å²) in [7, 11) is 5.06. The number of halogens is 5. The Morgan fingerprint density at radius 2 is 1.04 bits per heavy atom. The SMILES string of the molecule is Fc1ccc(S(Cl)(c2ccc(F)cc2)c2ccc(I)c(I)c2)cc1. The van der Waals surface area contributed by atoms with Crippen molar-refractivity contribution in [3.8, 4) is 0 Å². The van der Waals surface area contributed by atoms with Crippen molar-refractivity contribution in [2.45, 2.75) is 14.7 Å². The standard InChI is InChI=1S/C18H11ClF2I2S/c19-24(14-5-1-12(20)2-6-14,15-7-3-13(21)4-8-15)16-9-10-17(22)18(23)11-16/h1-11H. The zero-order chi connectivity index (χ0) is 17.3. The van der Waals surface area contributed by atoms with Crippen LogP contribution in [0.3, 0.4) is 0 Å². The Labute approximate surface area is 172 Å². The molecule has 0 bridgehead atoms. The Morgan fingerprint density at radius 1 is 0.625 bits per heavy atom. The lowest BCUT2D eigenvalue weighted by molar-refractivity contribution is 0.626. The highest BCUT2D eigenvalue weighted by Gasteiger charge is 2.29. The first-order valence-corrected chi connectivity index (χ1v) is 11.5. The predicted molar refractivity (Wildman–Crippen MR) is 113 cm³/mol. The van der Waals surface area contributed by atoms with Gasteiger partial charge in [0.15, 0.2) is 0 Å². The van der Waals surface area contributed by atoms with Gasteiger partial charge in [-0.3, -0.25) is 0 Å². The molecule has 0 amide bonds. The molecule has 3 aromatic carbocycles. The summed E-state index contributed by atoms with van der Waals surface area (Å²) < 4.78 is 29.0. The largest absolute Gasteiger partial charge is 0.207 e. The normalized spacial score (nSPS) is 12.2. The number of rotatable bonds is 3. The van der Waals surface area contributed by atoms with E-state index in [2.05, 4.69) is 45.2 Å². The first kappa shape index (κ1) is 18.4. The molecule has 0 saturated carbocycles. The van der Waals surface area contributed by atoms with Crippen LogP contribution in [0.2, 0.25) is 0 Å². The van der Waals surface area contributed by atoms with Gasteiger partial charge in [-0.15, -0.1) is 0 Å². The number of benzene rings is 3. The summed E-state index contributed by atoms with van der Waals surface area (Å²) in [5, 5.41) is 0. The third kappa shape index (κ3) is 3.59. The Balaban J connectivity index is 2.25.